The molecular weight excluding hydrogens is 350 g/mol. The predicted molar refractivity (Wildman–Crippen MR) is 106 cm³/mol. The van der Waals surface area contributed by atoms with Crippen molar-refractivity contribution in [2.45, 2.75) is 19.3 Å². The highest BCUT2D eigenvalue weighted by atomic mass is 35.5. The van der Waals surface area contributed by atoms with Gasteiger partial charge in [-0.05, 0) is 49.6 Å². The van der Waals surface area contributed by atoms with Gasteiger partial charge in [0.25, 0.3) is 0 Å². The number of hydrogen-bond acceptors (Lipinski definition) is 3. The molecule has 1 saturated heterocycles. The first kappa shape index (κ1) is 18.4. The zero-order chi connectivity index (χ0) is 18.2. The molecule has 0 bridgehead atoms. The van der Waals surface area contributed by atoms with Crippen molar-refractivity contribution in [3.8, 4) is 5.75 Å². The summed E-state index contributed by atoms with van der Waals surface area (Å²) in [6.07, 6.45) is 3.68. The average molecular weight is 374 g/mol. The van der Waals surface area contributed by atoms with E-state index in [1.54, 1.807) is 6.07 Å². The summed E-state index contributed by atoms with van der Waals surface area (Å²) < 4.78 is 5.54. The van der Waals surface area contributed by atoms with E-state index in [2.05, 4.69) is 15.5 Å². The summed E-state index contributed by atoms with van der Waals surface area (Å²) in [4.78, 5) is 14.3. The molecule has 138 valence electrons. The molecule has 3 rings (SSSR count). The molecule has 1 aliphatic rings. The lowest BCUT2D eigenvalue weighted by Gasteiger charge is -2.29. The molecule has 0 radical (unpaired) electrons. The van der Waals surface area contributed by atoms with Gasteiger partial charge in [-0.25, -0.2) is 4.79 Å². The van der Waals surface area contributed by atoms with Gasteiger partial charge in [-0.3, -0.25) is 0 Å². The minimum Gasteiger partial charge on any atom is -0.492 e. The molecule has 26 heavy (non-hydrogen) atoms. The van der Waals surface area contributed by atoms with E-state index in [0.717, 1.165) is 24.5 Å². The van der Waals surface area contributed by atoms with E-state index in [1.807, 2.05) is 42.5 Å². The molecule has 2 aromatic rings. The number of nitrogens with zero attached hydrogens (tertiary/aromatic N) is 1. The summed E-state index contributed by atoms with van der Waals surface area (Å²) in [5, 5.41) is 6.24. The highest BCUT2D eigenvalue weighted by Crippen LogP contribution is 2.30. The van der Waals surface area contributed by atoms with Crippen LogP contribution in [0.4, 0.5) is 16.2 Å². The number of carbonyl (C=O) groups is 1. The number of nitrogens with one attached hydrogen (secondary N) is 2. The van der Waals surface area contributed by atoms with Gasteiger partial charge in [0, 0.05) is 18.8 Å². The Morgan fingerprint density at radius 1 is 1.08 bits per heavy atom. The number of para-hydroxylation sites is 1. The van der Waals surface area contributed by atoms with Crippen LogP contribution < -0.4 is 20.3 Å². The van der Waals surface area contributed by atoms with E-state index in [9.17, 15) is 4.79 Å². The summed E-state index contributed by atoms with van der Waals surface area (Å²) in [5.74, 6) is 0.787. The second kappa shape index (κ2) is 9.34. The molecule has 0 aliphatic carbocycles. The highest BCUT2D eigenvalue weighted by Gasteiger charge is 2.14. The van der Waals surface area contributed by atoms with Crippen LogP contribution in [0.25, 0.3) is 0 Å². The highest BCUT2D eigenvalue weighted by molar-refractivity contribution is 6.33. The van der Waals surface area contributed by atoms with Crippen molar-refractivity contribution in [3.05, 3.63) is 53.6 Å². The Bertz CT molecular complexity index is 718. The lowest BCUT2D eigenvalue weighted by molar-refractivity contribution is 0.247. The fourth-order valence-corrected chi connectivity index (χ4v) is 3.30. The molecule has 0 unspecified atom stereocenters. The number of piperidine rings is 1. The van der Waals surface area contributed by atoms with Gasteiger partial charge >= 0.3 is 6.03 Å². The topological polar surface area (TPSA) is 53.6 Å². The van der Waals surface area contributed by atoms with Crippen molar-refractivity contribution in [2.24, 2.45) is 0 Å². The van der Waals surface area contributed by atoms with E-state index in [-0.39, 0.29) is 6.03 Å². The van der Waals surface area contributed by atoms with Gasteiger partial charge in [0.1, 0.15) is 12.4 Å². The fourth-order valence-electron chi connectivity index (χ4n) is 3.00. The number of amides is 2. The summed E-state index contributed by atoms with van der Waals surface area (Å²) >= 11 is 6.41. The number of rotatable bonds is 6. The monoisotopic (exact) mass is 373 g/mol. The number of urea groups is 1. The summed E-state index contributed by atoms with van der Waals surface area (Å²) in [6.45, 7) is 2.90. The van der Waals surface area contributed by atoms with E-state index >= 15 is 0 Å². The molecule has 1 aliphatic heterocycles. The van der Waals surface area contributed by atoms with Gasteiger partial charge in [-0.1, -0.05) is 29.8 Å². The Morgan fingerprint density at radius 3 is 2.58 bits per heavy atom. The molecule has 0 spiro atoms. The summed E-state index contributed by atoms with van der Waals surface area (Å²) in [5.41, 5.74) is 1.71. The molecule has 2 N–H and O–H groups in total. The second-order valence-corrected chi connectivity index (χ2v) is 6.66. The Hall–Kier alpha value is -2.40. The molecule has 2 aromatic carbocycles. The second-order valence-electron chi connectivity index (χ2n) is 6.26. The van der Waals surface area contributed by atoms with Gasteiger partial charge in [0.15, 0.2) is 0 Å². The van der Waals surface area contributed by atoms with Crippen LogP contribution in [0.1, 0.15) is 19.3 Å². The number of ether oxygens (including phenoxy) is 1. The van der Waals surface area contributed by atoms with Crippen molar-refractivity contribution >= 4 is 29.0 Å². The van der Waals surface area contributed by atoms with E-state index in [0.29, 0.717) is 23.9 Å². The van der Waals surface area contributed by atoms with Crippen molar-refractivity contribution in [3.63, 3.8) is 0 Å². The van der Waals surface area contributed by atoms with Crippen molar-refractivity contribution < 1.29 is 9.53 Å². The number of halogens is 1. The van der Waals surface area contributed by atoms with Crippen LogP contribution in [0.3, 0.4) is 0 Å². The van der Waals surface area contributed by atoms with E-state index < -0.39 is 0 Å². The molecule has 1 fully saturated rings. The first-order valence-corrected chi connectivity index (χ1v) is 9.37. The first-order valence-electron chi connectivity index (χ1n) is 8.99. The van der Waals surface area contributed by atoms with Crippen molar-refractivity contribution in [1.29, 1.82) is 0 Å². The quantitative estimate of drug-likeness (QED) is 0.731. The number of hydrogen-bond donors (Lipinski definition) is 2. The van der Waals surface area contributed by atoms with Crippen LogP contribution in [-0.2, 0) is 0 Å². The third-order valence-electron chi connectivity index (χ3n) is 4.30. The molecule has 0 aromatic heterocycles. The van der Waals surface area contributed by atoms with Crippen LogP contribution >= 0.6 is 11.6 Å². The maximum atomic E-state index is 12.0. The molecule has 1 heterocycles. The Labute approximate surface area is 159 Å². The summed E-state index contributed by atoms with van der Waals surface area (Å²) in [6, 6.07) is 14.9. The average Bonchev–Trinajstić information content (AvgIpc) is 2.67. The minimum atomic E-state index is -0.275. The Balaban J connectivity index is 1.44. The fraction of sp³-hybridized carbons (Fsp3) is 0.350. The van der Waals surface area contributed by atoms with E-state index in [1.165, 1.54) is 19.3 Å². The SMILES string of the molecule is O=C(NCCOc1ccccc1)Nc1ccc(N2CCCCC2)c(Cl)c1. The van der Waals surface area contributed by atoms with Gasteiger partial charge in [-0.2, -0.15) is 0 Å². The molecule has 2 amide bonds. The predicted octanol–water partition coefficient (Wildman–Crippen LogP) is 4.53. The normalized spacial score (nSPS) is 14.0. The standard InChI is InChI=1S/C20H24ClN3O2/c21-18-15-16(9-10-19(18)24-12-5-2-6-13-24)23-20(25)22-11-14-26-17-7-3-1-4-8-17/h1,3-4,7-10,15H,2,5-6,11-14H2,(H2,22,23,25). The molecular formula is C20H24ClN3O2. The van der Waals surface area contributed by atoms with Crippen molar-refractivity contribution in [1.82, 2.24) is 5.32 Å². The van der Waals surface area contributed by atoms with Gasteiger partial charge in [0.2, 0.25) is 0 Å². The van der Waals surface area contributed by atoms with Crippen LogP contribution in [0, 0.1) is 0 Å². The number of carbonyl (C=O) groups excluding carboxylic acids is 1. The molecule has 5 nitrogen and oxygen atoms in total. The number of anilines is 2. The zero-order valence-corrected chi connectivity index (χ0v) is 15.5. The largest absolute Gasteiger partial charge is 0.492 e. The smallest absolute Gasteiger partial charge is 0.319 e. The number of benzene rings is 2. The lowest BCUT2D eigenvalue weighted by atomic mass is 10.1. The van der Waals surface area contributed by atoms with Crippen LogP contribution in [-0.4, -0.2) is 32.3 Å². The molecule has 0 atom stereocenters. The van der Waals surface area contributed by atoms with E-state index in [4.69, 9.17) is 16.3 Å². The van der Waals surface area contributed by atoms with Gasteiger partial charge in [0.05, 0.1) is 17.3 Å². The lowest BCUT2D eigenvalue weighted by Crippen LogP contribution is -2.32. The maximum absolute atomic E-state index is 12.0. The third-order valence-corrected chi connectivity index (χ3v) is 4.60. The minimum absolute atomic E-state index is 0.275. The molecule has 6 heteroatoms. The van der Waals surface area contributed by atoms with Gasteiger partial charge in [-0.15, -0.1) is 0 Å². The van der Waals surface area contributed by atoms with Crippen LogP contribution in [0.5, 0.6) is 5.75 Å². The maximum Gasteiger partial charge on any atom is 0.319 e. The Kier molecular flexibility index (Phi) is 6.61. The summed E-state index contributed by atoms with van der Waals surface area (Å²) in [7, 11) is 0. The van der Waals surface area contributed by atoms with Crippen LogP contribution in [0.15, 0.2) is 48.5 Å². The third kappa shape index (κ3) is 5.30. The van der Waals surface area contributed by atoms with Gasteiger partial charge < -0.3 is 20.3 Å². The molecule has 0 saturated carbocycles. The van der Waals surface area contributed by atoms with Crippen LogP contribution in [0.2, 0.25) is 5.02 Å². The Morgan fingerprint density at radius 2 is 1.85 bits per heavy atom. The van der Waals surface area contributed by atoms with Crippen molar-refractivity contribution in [2.75, 3.05) is 36.5 Å². The first-order chi connectivity index (χ1) is 12.7. The zero-order valence-electron chi connectivity index (χ0n) is 14.7.